The van der Waals surface area contributed by atoms with Gasteiger partial charge >= 0.3 is 17.9 Å². The topological polar surface area (TPSA) is 78.9 Å². The molecular formula is C65H104O6. The number of rotatable bonds is 50. The van der Waals surface area contributed by atoms with Gasteiger partial charge in [0.15, 0.2) is 6.10 Å². The summed E-state index contributed by atoms with van der Waals surface area (Å²) in [5.41, 5.74) is 0. The molecule has 0 heterocycles. The third-order valence-electron chi connectivity index (χ3n) is 11.6. The minimum Gasteiger partial charge on any atom is -0.462 e. The maximum atomic E-state index is 12.8. The average molecular weight is 982 g/mol. The summed E-state index contributed by atoms with van der Waals surface area (Å²) in [4.78, 5) is 38.1. The Hall–Kier alpha value is -4.45. The zero-order valence-corrected chi connectivity index (χ0v) is 45.7. The molecule has 0 aromatic rings. The van der Waals surface area contributed by atoms with Crippen LogP contribution in [0, 0.1) is 0 Å². The van der Waals surface area contributed by atoms with Crippen LogP contribution in [-0.4, -0.2) is 37.2 Å². The Kier molecular flexibility index (Phi) is 54.5. The number of unbranched alkanes of at least 4 members (excludes halogenated alkanes) is 17. The van der Waals surface area contributed by atoms with Gasteiger partial charge in [-0.25, -0.2) is 0 Å². The van der Waals surface area contributed by atoms with Crippen molar-refractivity contribution in [2.24, 2.45) is 0 Å². The van der Waals surface area contributed by atoms with Gasteiger partial charge in [0, 0.05) is 19.3 Å². The lowest BCUT2D eigenvalue weighted by Gasteiger charge is -2.18. The van der Waals surface area contributed by atoms with Crippen molar-refractivity contribution in [3.8, 4) is 0 Å². The van der Waals surface area contributed by atoms with E-state index in [1.165, 1.54) is 51.4 Å². The first-order chi connectivity index (χ1) is 35.0. The lowest BCUT2D eigenvalue weighted by atomic mass is 10.1. The van der Waals surface area contributed by atoms with Gasteiger partial charge in [0.25, 0.3) is 0 Å². The van der Waals surface area contributed by atoms with Gasteiger partial charge in [0.05, 0.1) is 0 Å². The van der Waals surface area contributed by atoms with Crippen molar-refractivity contribution in [1.82, 2.24) is 0 Å². The summed E-state index contributed by atoms with van der Waals surface area (Å²) in [6.07, 6.45) is 81.6. The summed E-state index contributed by atoms with van der Waals surface area (Å²) < 4.78 is 16.8. The van der Waals surface area contributed by atoms with E-state index in [4.69, 9.17) is 14.2 Å². The number of hydrogen-bond donors (Lipinski definition) is 0. The third kappa shape index (κ3) is 56.3. The smallest absolute Gasteiger partial charge is 0.306 e. The van der Waals surface area contributed by atoms with Crippen molar-refractivity contribution >= 4 is 17.9 Å². The zero-order chi connectivity index (χ0) is 51.4. The van der Waals surface area contributed by atoms with Gasteiger partial charge in [-0.3, -0.25) is 14.4 Å². The molecule has 6 heteroatoms. The second-order valence-corrected chi connectivity index (χ2v) is 18.4. The molecule has 0 aromatic carbocycles. The molecule has 1 unspecified atom stereocenters. The highest BCUT2D eigenvalue weighted by molar-refractivity contribution is 5.71. The standard InChI is InChI=1S/C65H104O6/c1-4-7-10-13-16-19-22-25-28-29-30-31-32-33-34-35-38-40-43-46-49-52-55-58-64(67)70-61-62(71-65(68)59-56-53-50-47-44-41-37-27-24-21-18-15-12-9-6-3)60-69-63(66)57-54-51-48-45-42-39-36-26-23-20-17-14-11-8-5-2/h7,9-10,12,16,18-19,21,25-28,30-31,33-34,36-38,40,46,49,62H,4-6,8,11,13-15,17,20,22-24,29,32,35,39,41-45,47-48,50-61H2,1-3H3/b10-7-,12-9-,19-16-,21-18-,28-25-,31-30-,34-33-,36-26-,37-27-,40-38-,49-46-. The molecule has 0 N–H and O–H groups in total. The van der Waals surface area contributed by atoms with Crippen LogP contribution in [0.4, 0.5) is 0 Å². The predicted molar refractivity (Wildman–Crippen MR) is 306 cm³/mol. The summed E-state index contributed by atoms with van der Waals surface area (Å²) in [5.74, 6) is -1.00. The maximum absolute atomic E-state index is 12.8. The van der Waals surface area contributed by atoms with E-state index in [0.717, 1.165) is 141 Å². The Morgan fingerprint density at radius 1 is 0.296 bits per heavy atom. The first kappa shape index (κ1) is 66.6. The molecule has 0 rings (SSSR count). The van der Waals surface area contributed by atoms with Crippen molar-refractivity contribution in [2.45, 2.75) is 245 Å². The van der Waals surface area contributed by atoms with Crippen LogP contribution in [0.3, 0.4) is 0 Å². The largest absolute Gasteiger partial charge is 0.462 e. The molecule has 6 nitrogen and oxygen atoms in total. The van der Waals surface area contributed by atoms with Crippen LogP contribution < -0.4 is 0 Å². The number of ether oxygens (including phenoxy) is 3. The fourth-order valence-electron chi connectivity index (χ4n) is 7.38. The number of hydrogen-bond acceptors (Lipinski definition) is 6. The van der Waals surface area contributed by atoms with E-state index in [9.17, 15) is 14.4 Å². The van der Waals surface area contributed by atoms with Crippen LogP contribution in [0.2, 0.25) is 0 Å². The molecule has 0 aliphatic rings. The first-order valence-corrected chi connectivity index (χ1v) is 28.7. The molecular weight excluding hydrogens is 877 g/mol. The number of carbonyl (C=O) groups excluding carboxylic acids is 3. The minimum atomic E-state index is -0.819. The minimum absolute atomic E-state index is 0.112. The highest BCUT2D eigenvalue weighted by Gasteiger charge is 2.19. The van der Waals surface area contributed by atoms with Crippen LogP contribution in [0.25, 0.3) is 0 Å². The zero-order valence-electron chi connectivity index (χ0n) is 45.7. The van der Waals surface area contributed by atoms with Crippen molar-refractivity contribution in [2.75, 3.05) is 13.2 Å². The van der Waals surface area contributed by atoms with Crippen molar-refractivity contribution in [3.05, 3.63) is 134 Å². The Balaban J connectivity index is 4.52. The molecule has 0 radical (unpaired) electrons. The lowest BCUT2D eigenvalue weighted by Crippen LogP contribution is -2.30. The van der Waals surface area contributed by atoms with E-state index in [0.29, 0.717) is 12.8 Å². The van der Waals surface area contributed by atoms with Gasteiger partial charge in [-0.2, -0.15) is 0 Å². The maximum Gasteiger partial charge on any atom is 0.306 e. The van der Waals surface area contributed by atoms with Crippen LogP contribution in [0.5, 0.6) is 0 Å². The van der Waals surface area contributed by atoms with Crippen LogP contribution in [0.15, 0.2) is 134 Å². The van der Waals surface area contributed by atoms with E-state index in [1.54, 1.807) is 0 Å². The van der Waals surface area contributed by atoms with Crippen molar-refractivity contribution in [3.63, 3.8) is 0 Å². The highest BCUT2D eigenvalue weighted by Crippen LogP contribution is 2.13. The summed E-state index contributed by atoms with van der Waals surface area (Å²) in [6, 6.07) is 0. The quantitative estimate of drug-likeness (QED) is 0.0262. The summed E-state index contributed by atoms with van der Waals surface area (Å²) >= 11 is 0. The van der Waals surface area contributed by atoms with Crippen molar-refractivity contribution in [1.29, 1.82) is 0 Å². The molecule has 0 aromatic heterocycles. The van der Waals surface area contributed by atoms with Gasteiger partial charge in [-0.1, -0.05) is 225 Å². The first-order valence-electron chi connectivity index (χ1n) is 28.7. The number of allylic oxidation sites excluding steroid dienone is 22. The van der Waals surface area contributed by atoms with Crippen LogP contribution >= 0.6 is 0 Å². The molecule has 0 bridgehead atoms. The molecule has 71 heavy (non-hydrogen) atoms. The van der Waals surface area contributed by atoms with Gasteiger partial charge in [0.2, 0.25) is 0 Å². The molecule has 0 spiro atoms. The molecule has 0 aliphatic heterocycles. The second-order valence-electron chi connectivity index (χ2n) is 18.4. The Morgan fingerprint density at radius 2 is 0.563 bits per heavy atom. The Bertz CT molecular complexity index is 1550. The fourth-order valence-corrected chi connectivity index (χ4v) is 7.38. The van der Waals surface area contributed by atoms with Crippen LogP contribution in [-0.2, 0) is 28.6 Å². The van der Waals surface area contributed by atoms with Gasteiger partial charge in [0.1, 0.15) is 13.2 Å². The van der Waals surface area contributed by atoms with Crippen molar-refractivity contribution < 1.29 is 28.6 Å². The monoisotopic (exact) mass is 981 g/mol. The van der Waals surface area contributed by atoms with Crippen LogP contribution in [0.1, 0.15) is 239 Å². The molecule has 400 valence electrons. The third-order valence-corrected chi connectivity index (χ3v) is 11.6. The summed E-state index contributed by atoms with van der Waals surface area (Å²) in [5, 5.41) is 0. The van der Waals surface area contributed by atoms with E-state index in [-0.39, 0.29) is 44.0 Å². The molecule has 0 fully saturated rings. The van der Waals surface area contributed by atoms with E-state index >= 15 is 0 Å². The van der Waals surface area contributed by atoms with Gasteiger partial charge in [-0.15, -0.1) is 0 Å². The van der Waals surface area contributed by atoms with Gasteiger partial charge < -0.3 is 14.2 Å². The molecule has 0 aliphatic carbocycles. The molecule has 0 amide bonds. The second kappa shape index (κ2) is 58.1. The number of carbonyl (C=O) groups is 3. The summed E-state index contributed by atoms with van der Waals surface area (Å²) in [7, 11) is 0. The normalized spacial score (nSPS) is 13.1. The average Bonchev–Trinajstić information content (AvgIpc) is 3.37. The lowest BCUT2D eigenvalue weighted by molar-refractivity contribution is -0.167. The molecule has 0 saturated carbocycles. The SMILES string of the molecule is CC/C=C\C/C=C\C/C=C\C/C=C\C/C=C\C/C=C\C/C=C\CCCC(=O)OCC(COC(=O)CCCCCCC/C=C\CCCCCCCC)OC(=O)CCCCCCC/C=C\C/C=C\C/C=C\CC. The van der Waals surface area contributed by atoms with E-state index in [1.807, 2.05) is 0 Å². The van der Waals surface area contributed by atoms with Gasteiger partial charge in [-0.05, 0) is 128 Å². The Labute approximate surface area is 436 Å². The predicted octanol–water partition coefficient (Wildman–Crippen LogP) is 19.4. The summed E-state index contributed by atoms with van der Waals surface area (Å²) in [6.45, 7) is 6.33. The highest BCUT2D eigenvalue weighted by atomic mass is 16.6. The molecule has 0 saturated heterocycles. The Morgan fingerprint density at radius 3 is 0.930 bits per heavy atom. The van der Waals surface area contributed by atoms with E-state index in [2.05, 4.69) is 154 Å². The van der Waals surface area contributed by atoms with E-state index < -0.39 is 6.10 Å². The molecule has 1 atom stereocenters. The number of esters is 3. The fraction of sp³-hybridized carbons (Fsp3) is 0.615.